The van der Waals surface area contributed by atoms with Gasteiger partial charge in [-0.05, 0) is 363 Å². The Kier molecular flexibility index (Phi) is 24.8. The topological polar surface area (TPSA) is 87.7 Å². The van der Waals surface area contributed by atoms with Crippen molar-refractivity contribution >= 4 is 50.1 Å². The first-order valence-corrected chi connectivity index (χ1v) is 37.9. The summed E-state index contributed by atoms with van der Waals surface area (Å²) in [7, 11) is -4.51. The van der Waals surface area contributed by atoms with E-state index in [2.05, 4.69) is 266 Å². The molecule has 512 valence electrons. The Balaban J connectivity index is 0.000000218. The molecule has 0 N–H and O–H groups in total. The Labute approximate surface area is 595 Å². The van der Waals surface area contributed by atoms with Crippen LogP contribution in [0, 0.1) is 145 Å². The normalized spacial score (nSPS) is 11.2. The van der Waals surface area contributed by atoms with Gasteiger partial charge >= 0.3 is 24.7 Å². The summed E-state index contributed by atoms with van der Waals surface area (Å²) in [5.74, 6) is 5.40. The second kappa shape index (κ2) is 32.8. The zero-order valence-corrected chi connectivity index (χ0v) is 65.4. The van der Waals surface area contributed by atoms with Crippen LogP contribution in [0.5, 0.6) is 40.2 Å². The van der Waals surface area contributed by atoms with E-state index in [0.29, 0.717) is 16.8 Å². The fourth-order valence-electron chi connectivity index (χ4n) is 11.3. The smallest absolute Gasteiger partial charge is 0.365 e. The number of hydrogen-bond acceptors (Lipinski definition) is 8. The maximum atomic E-state index is 15.0. The Morgan fingerprint density at radius 1 is 0.242 bits per heavy atom. The first kappa shape index (κ1) is 74.9. The van der Waals surface area contributed by atoms with Gasteiger partial charge in [-0.25, -0.2) is 0 Å². The molecule has 11 aromatic rings. The van der Waals surface area contributed by atoms with Gasteiger partial charge in [0.15, 0.2) is 16.8 Å². The molecular weight excluding hydrogens is 1300 g/mol. The van der Waals surface area contributed by atoms with Crippen LogP contribution in [0.3, 0.4) is 0 Å². The molecule has 0 heterocycles. The largest absolute Gasteiger partial charge is 0.612 e. The van der Waals surface area contributed by atoms with Crippen LogP contribution < -0.4 is 52.5 Å². The molecule has 1 unspecified atom stereocenters. The zero-order chi connectivity index (χ0) is 71.7. The molecular formula is C87H96O8P4. The second-order valence-corrected chi connectivity index (χ2v) is 31.5. The van der Waals surface area contributed by atoms with Crippen LogP contribution in [0.1, 0.15) is 117 Å². The SMILES string of the molecule is Cc1cc(C)c(OP(Oc2cc(C)c(C)cc2C)c2ccc(-c3ccc([P+]([O-])(Oc4cc(C)c(C)cc4C)Oc4cc(C)c(C)cc4C)cc3)cc2)cc1C.Cc1cc(C)c(OP(Oc2cc(C)c(C)cc2C)c2ccc(-c3ccccc3)cc2)cc1C.Cc1cc(C)c(OP)cc1C. The van der Waals surface area contributed by atoms with Crippen LogP contribution in [-0.2, 0) is 0 Å². The monoisotopic (exact) mass is 1390 g/mol. The average molecular weight is 1390 g/mol. The molecule has 0 saturated heterocycles. The van der Waals surface area contributed by atoms with Crippen molar-refractivity contribution < 1.29 is 36.6 Å². The van der Waals surface area contributed by atoms with Gasteiger partial charge in [-0.1, -0.05) is 109 Å². The molecule has 12 heteroatoms. The Morgan fingerprint density at radius 2 is 0.455 bits per heavy atom. The molecule has 0 bridgehead atoms. The molecule has 11 rings (SSSR count). The highest BCUT2D eigenvalue weighted by atomic mass is 31.2. The van der Waals surface area contributed by atoms with Crippen molar-refractivity contribution in [2.24, 2.45) is 0 Å². The van der Waals surface area contributed by atoms with E-state index in [1.165, 1.54) is 72.3 Å². The van der Waals surface area contributed by atoms with Crippen molar-refractivity contribution in [3.05, 3.63) is 305 Å². The number of benzene rings is 11. The molecule has 0 spiro atoms. The predicted molar refractivity (Wildman–Crippen MR) is 422 cm³/mol. The minimum atomic E-state index is -3.89. The lowest BCUT2D eigenvalue weighted by atomic mass is 10.1. The quantitative estimate of drug-likeness (QED) is 0.0785. The van der Waals surface area contributed by atoms with Crippen molar-refractivity contribution in [3.8, 4) is 62.5 Å². The van der Waals surface area contributed by atoms with Crippen molar-refractivity contribution in [1.29, 1.82) is 0 Å². The molecule has 0 saturated carbocycles. The summed E-state index contributed by atoms with van der Waals surface area (Å²) in [6.45, 7) is 43.6. The molecule has 99 heavy (non-hydrogen) atoms. The van der Waals surface area contributed by atoms with Crippen LogP contribution in [0.4, 0.5) is 0 Å². The third-order valence-electron chi connectivity index (χ3n) is 18.6. The van der Waals surface area contributed by atoms with Crippen molar-refractivity contribution in [1.82, 2.24) is 0 Å². The fraction of sp³-hybridized carbons (Fsp3) is 0.241. The lowest BCUT2D eigenvalue weighted by Gasteiger charge is -2.29. The third kappa shape index (κ3) is 18.8. The van der Waals surface area contributed by atoms with Crippen LogP contribution >= 0.6 is 34.2 Å². The maximum absolute atomic E-state index is 15.0. The molecule has 0 aromatic heterocycles. The van der Waals surface area contributed by atoms with Crippen molar-refractivity contribution in [2.75, 3.05) is 0 Å². The van der Waals surface area contributed by atoms with Gasteiger partial charge in [0.2, 0.25) is 0 Å². The fourth-order valence-corrected chi connectivity index (χ4v) is 16.0. The van der Waals surface area contributed by atoms with Gasteiger partial charge in [0.25, 0.3) is 0 Å². The number of hydrogen-bond donors (Lipinski definition) is 0. The molecule has 0 aliphatic rings. The van der Waals surface area contributed by atoms with E-state index in [0.717, 1.165) is 106 Å². The average Bonchev–Trinajstić information content (AvgIpc) is 0.829. The first-order chi connectivity index (χ1) is 47.0. The van der Waals surface area contributed by atoms with E-state index in [1.54, 1.807) is 0 Å². The minimum absolute atomic E-state index is 0.473. The molecule has 0 amide bonds. The molecule has 0 aliphatic carbocycles. The summed E-state index contributed by atoms with van der Waals surface area (Å²) in [5, 5.41) is 2.46. The Bertz CT molecular complexity index is 4500. The van der Waals surface area contributed by atoms with Gasteiger partial charge in [-0.2, -0.15) is 0 Å². The number of rotatable bonds is 18. The van der Waals surface area contributed by atoms with Crippen molar-refractivity contribution in [3.63, 3.8) is 0 Å². The van der Waals surface area contributed by atoms with E-state index in [1.807, 2.05) is 77.1 Å². The van der Waals surface area contributed by atoms with Crippen LogP contribution in [0.15, 0.2) is 188 Å². The molecule has 1 atom stereocenters. The summed E-state index contributed by atoms with van der Waals surface area (Å²) in [6, 6.07) is 64.2. The van der Waals surface area contributed by atoms with Gasteiger partial charge < -0.3 is 36.6 Å². The Hall–Kier alpha value is -8.30. The highest BCUT2D eigenvalue weighted by molar-refractivity contribution is 7.68. The van der Waals surface area contributed by atoms with Gasteiger partial charge in [-0.15, -0.1) is 0 Å². The van der Waals surface area contributed by atoms with E-state index >= 15 is 0 Å². The van der Waals surface area contributed by atoms with Crippen LogP contribution in [0.25, 0.3) is 22.3 Å². The summed E-state index contributed by atoms with van der Waals surface area (Å²) >= 11 is 0. The van der Waals surface area contributed by atoms with E-state index in [-0.39, 0.29) is 0 Å². The first-order valence-electron chi connectivity index (χ1n) is 33.6. The van der Waals surface area contributed by atoms with Gasteiger partial charge in [-0.3, -0.25) is 0 Å². The standard InChI is InChI=1S/C48H52O5P2.C30H31O2P.C9H13OP/c1-29-21-37(9)45(25-33(29)5)50-54(51-46-26-34(6)30(2)22-38(46)10)43-17-13-41(14-18-43)42-15-19-44(20-16-42)55(49,52-47-27-35(7)31(3)23-39(47)11)53-48-28-36(8)32(4)24-40(48)12;1-20-16-24(5)29(18-22(20)3)31-33(32-30-19-23(4)21(2)17-25(30)6)28-14-12-27(13-15-28)26-10-8-7-9-11-26;1-6-4-8(3)9(10-11)5-7(6)2/h13-28H,1-12H3;7-19H,1-6H3;4-5H,11H2,1-3H3. The third-order valence-corrected chi connectivity index (χ3v) is 23.6. The zero-order valence-electron chi connectivity index (χ0n) is 61.6. The van der Waals surface area contributed by atoms with Crippen LogP contribution in [0.2, 0.25) is 0 Å². The summed E-state index contributed by atoms with van der Waals surface area (Å²) < 4.78 is 44.5. The van der Waals surface area contributed by atoms with Crippen molar-refractivity contribution in [2.45, 2.75) is 145 Å². The van der Waals surface area contributed by atoms with Gasteiger partial charge in [0.1, 0.15) is 28.7 Å². The van der Waals surface area contributed by atoms with Gasteiger partial charge in [0.05, 0.1) is 20.1 Å². The highest BCUT2D eigenvalue weighted by Gasteiger charge is 2.39. The van der Waals surface area contributed by atoms with E-state index in [4.69, 9.17) is 31.7 Å². The molecule has 0 aliphatic heterocycles. The molecule has 0 radical (unpaired) electrons. The maximum Gasteiger partial charge on any atom is 0.365 e. The predicted octanol–water partition coefficient (Wildman–Crippen LogP) is 23.1. The van der Waals surface area contributed by atoms with E-state index in [9.17, 15) is 4.89 Å². The summed E-state index contributed by atoms with van der Waals surface area (Å²) in [6.07, 6.45) is 0. The van der Waals surface area contributed by atoms with E-state index < -0.39 is 24.7 Å². The number of aryl methyl sites for hydroxylation is 21. The second-order valence-electron chi connectivity index (χ2n) is 26.6. The Morgan fingerprint density at radius 3 is 0.727 bits per heavy atom. The summed E-state index contributed by atoms with van der Waals surface area (Å²) in [4.78, 5) is 15.0. The lowest BCUT2D eigenvalue weighted by molar-refractivity contribution is -0.197. The molecule has 0 fully saturated rings. The molecule has 11 aromatic carbocycles. The van der Waals surface area contributed by atoms with Crippen LogP contribution in [-0.4, -0.2) is 0 Å². The lowest BCUT2D eigenvalue weighted by Crippen LogP contribution is -2.31. The minimum Gasteiger partial charge on any atom is -0.612 e. The summed E-state index contributed by atoms with van der Waals surface area (Å²) in [5.41, 5.74) is 28.4. The highest BCUT2D eigenvalue weighted by Crippen LogP contribution is 2.53. The molecule has 8 nitrogen and oxygen atoms in total. The van der Waals surface area contributed by atoms with Gasteiger partial charge in [0, 0.05) is 0 Å².